The molecule has 0 aromatic carbocycles. The van der Waals surface area contributed by atoms with Gasteiger partial charge in [0, 0.05) is 32.2 Å². The monoisotopic (exact) mass is 257 g/mol. The first-order valence-corrected chi connectivity index (χ1v) is 7.04. The molecule has 0 bridgehead atoms. The standard InChI is InChI=1S/C10H15N3OS2/c1-13(2)9-11-12-10(16-9)15-8-5-3-4-7(14)6-8/h8H,3-6H2,1-2H3. The number of carbonyl (C=O) groups excluding carboxylic acids is 1. The molecule has 1 saturated carbocycles. The van der Waals surface area contributed by atoms with E-state index in [1.54, 1.807) is 23.1 Å². The molecule has 1 aliphatic carbocycles. The maximum Gasteiger partial charge on any atom is 0.208 e. The van der Waals surface area contributed by atoms with Crippen LogP contribution in [0.5, 0.6) is 0 Å². The van der Waals surface area contributed by atoms with Crippen LogP contribution < -0.4 is 4.90 Å². The summed E-state index contributed by atoms with van der Waals surface area (Å²) in [5.41, 5.74) is 0. The third-order valence-corrected chi connectivity index (χ3v) is 4.93. The first-order valence-electron chi connectivity index (χ1n) is 5.34. The normalized spacial score (nSPS) is 21.1. The summed E-state index contributed by atoms with van der Waals surface area (Å²) >= 11 is 3.30. The average molecular weight is 257 g/mol. The van der Waals surface area contributed by atoms with Crippen molar-refractivity contribution in [1.82, 2.24) is 10.2 Å². The minimum absolute atomic E-state index is 0.390. The van der Waals surface area contributed by atoms with Gasteiger partial charge in [0.2, 0.25) is 5.13 Å². The molecule has 6 heteroatoms. The molecule has 4 nitrogen and oxygen atoms in total. The smallest absolute Gasteiger partial charge is 0.208 e. The number of anilines is 1. The van der Waals surface area contributed by atoms with Crippen LogP contribution in [0.4, 0.5) is 5.13 Å². The zero-order valence-corrected chi connectivity index (χ0v) is 11.1. The molecule has 0 aliphatic heterocycles. The van der Waals surface area contributed by atoms with Gasteiger partial charge in [-0.2, -0.15) is 0 Å². The fraction of sp³-hybridized carbons (Fsp3) is 0.700. The molecule has 1 fully saturated rings. The number of aromatic nitrogens is 2. The van der Waals surface area contributed by atoms with E-state index in [9.17, 15) is 4.79 Å². The second-order valence-corrected chi connectivity index (χ2v) is 6.62. The van der Waals surface area contributed by atoms with Crippen LogP contribution >= 0.6 is 23.1 Å². The van der Waals surface area contributed by atoms with E-state index in [4.69, 9.17) is 0 Å². The van der Waals surface area contributed by atoms with Crippen LogP contribution in [-0.2, 0) is 4.79 Å². The predicted molar refractivity (Wildman–Crippen MR) is 67.4 cm³/mol. The Labute approximate surface area is 103 Å². The molecule has 1 aromatic rings. The molecule has 1 unspecified atom stereocenters. The number of carbonyl (C=O) groups is 1. The molecule has 1 atom stereocenters. The lowest BCUT2D eigenvalue weighted by Crippen LogP contribution is -2.16. The molecule has 0 saturated heterocycles. The van der Waals surface area contributed by atoms with Crippen molar-refractivity contribution in [1.29, 1.82) is 0 Å². The number of rotatable bonds is 3. The van der Waals surface area contributed by atoms with E-state index in [1.165, 1.54) is 0 Å². The first kappa shape index (κ1) is 11.9. The number of thioether (sulfide) groups is 1. The Balaban J connectivity index is 1.95. The van der Waals surface area contributed by atoms with Gasteiger partial charge in [-0.3, -0.25) is 4.79 Å². The SMILES string of the molecule is CN(C)c1nnc(SC2CCCC(=O)C2)s1. The minimum Gasteiger partial charge on any atom is -0.353 e. The van der Waals surface area contributed by atoms with Crippen molar-refractivity contribution in [3.8, 4) is 0 Å². The Bertz CT molecular complexity index is 378. The number of nitrogens with zero attached hydrogens (tertiary/aromatic N) is 3. The highest BCUT2D eigenvalue weighted by molar-refractivity contribution is 8.01. The van der Waals surface area contributed by atoms with Gasteiger partial charge in [-0.1, -0.05) is 23.1 Å². The number of hydrogen-bond donors (Lipinski definition) is 0. The van der Waals surface area contributed by atoms with Crippen molar-refractivity contribution in [3.63, 3.8) is 0 Å². The fourth-order valence-electron chi connectivity index (χ4n) is 1.66. The molecule has 2 rings (SSSR count). The van der Waals surface area contributed by atoms with Gasteiger partial charge in [0.05, 0.1) is 0 Å². The molecule has 0 spiro atoms. The Hall–Kier alpha value is -0.620. The maximum absolute atomic E-state index is 11.3. The van der Waals surface area contributed by atoms with Crippen LogP contribution in [0, 0.1) is 0 Å². The van der Waals surface area contributed by atoms with E-state index in [2.05, 4.69) is 10.2 Å². The van der Waals surface area contributed by atoms with Gasteiger partial charge in [0.15, 0.2) is 4.34 Å². The van der Waals surface area contributed by atoms with E-state index in [-0.39, 0.29) is 0 Å². The van der Waals surface area contributed by atoms with Gasteiger partial charge in [-0.05, 0) is 12.8 Å². The van der Waals surface area contributed by atoms with Crippen LogP contribution in [0.3, 0.4) is 0 Å². The highest BCUT2D eigenvalue weighted by Crippen LogP contribution is 2.35. The fourth-order valence-corrected chi connectivity index (χ4v) is 3.91. The van der Waals surface area contributed by atoms with Crippen LogP contribution in [0.15, 0.2) is 4.34 Å². The Morgan fingerprint density at radius 1 is 1.44 bits per heavy atom. The molecule has 1 heterocycles. The van der Waals surface area contributed by atoms with Crippen molar-refractivity contribution >= 4 is 34.0 Å². The number of ketones is 1. The van der Waals surface area contributed by atoms with Gasteiger partial charge in [-0.15, -0.1) is 10.2 Å². The van der Waals surface area contributed by atoms with E-state index < -0.39 is 0 Å². The number of hydrogen-bond acceptors (Lipinski definition) is 6. The lowest BCUT2D eigenvalue weighted by Gasteiger charge is -2.18. The Morgan fingerprint density at radius 3 is 2.88 bits per heavy atom. The lowest BCUT2D eigenvalue weighted by molar-refractivity contribution is -0.120. The van der Waals surface area contributed by atoms with Crippen molar-refractivity contribution in [3.05, 3.63) is 0 Å². The Kier molecular flexibility index (Phi) is 3.81. The summed E-state index contributed by atoms with van der Waals surface area (Å²) in [7, 11) is 3.91. The quantitative estimate of drug-likeness (QED) is 0.830. The van der Waals surface area contributed by atoms with Crippen molar-refractivity contribution in [2.45, 2.75) is 35.3 Å². The zero-order chi connectivity index (χ0) is 11.5. The van der Waals surface area contributed by atoms with E-state index >= 15 is 0 Å². The molecular weight excluding hydrogens is 242 g/mol. The third-order valence-electron chi connectivity index (χ3n) is 2.48. The molecule has 1 aromatic heterocycles. The molecular formula is C10H15N3OS2. The van der Waals surface area contributed by atoms with Crippen LogP contribution in [0.2, 0.25) is 0 Å². The van der Waals surface area contributed by atoms with Crippen molar-refractivity contribution in [2.24, 2.45) is 0 Å². The van der Waals surface area contributed by atoms with Crippen molar-refractivity contribution in [2.75, 3.05) is 19.0 Å². The van der Waals surface area contributed by atoms with Crippen LogP contribution in [-0.4, -0.2) is 35.3 Å². The molecule has 16 heavy (non-hydrogen) atoms. The summed E-state index contributed by atoms with van der Waals surface area (Å²) in [6.07, 6.45) is 3.60. The van der Waals surface area contributed by atoms with E-state index in [0.717, 1.165) is 28.7 Å². The average Bonchev–Trinajstić information content (AvgIpc) is 2.66. The molecule has 1 aliphatic rings. The topological polar surface area (TPSA) is 46.1 Å². The minimum atomic E-state index is 0.390. The maximum atomic E-state index is 11.3. The molecule has 0 amide bonds. The van der Waals surface area contributed by atoms with Crippen LogP contribution in [0.1, 0.15) is 25.7 Å². The molecule has 0 N–H and O–H groups in total. The predicted octanol–water partition coefficient (Wildman–Crippen LogP) is 2.21. The van der Waals surface area contributed by atoms with Gasteiger partial charge < -0.3 is 4.90 Å². The first-order chi connectivity index (χ1) is 7.65. The van der Waals surface area contributed by atoms with E-state index in [0.29, 0.717) is 17.5 Å². The highest BCUT2D eigenvalue weighted by Gasteiger charge is 2.22. The molecule has 88 valence electrons. The second kappa shape index (κ2) is 5.14. The zero-order valence-electron chi connectivity index (χ0n) is 9.47. The molecule has 0 radical (unpaired) electrons. The second-order valence-electron chi connectivity index (χ2n) is 4.12. The summed E-state index contributed by atoms with van der Waals surface area (Å²) in [6, 6.07) is 0. The largest absolute Gasteiger partial charge is 0.353 e. The lowest BCUT2D eigenvalue weighted by atomic mass is 9.99. The van der Waals surface area contributed by atoms with Gasteiger partial charge >= 0.3 is 0 Å². The van der Waals surface area contributed by atoms with Gasteiger partial charge in [0.1, 0.15) is 5.78 Å². The summed E-state index contributed by atoms with van der Waals surface area (Å²) in [4.78, 5) is 13.3. The summed E-state index contributed by atoms with van der Waals surface area (Å²) < 4.78 is 0.975. The van der Waals surface area contributed by atoms with Crippen LogP contribution in [0.25, 0.3) is 0 Å². The summed E-state index contributed by atoms with van der Waals surface area (Å²) in [5, 5.41) is 9.55. The van der Waals surface area contributed by atoms with Gasteiger partial charge in [0.25, 0.3) is 0 Å². The van der Waals surface area contributed by atoms with E-state index in [1.807, 2.05) is 19.0 Å². The van der Waals surface area contributed by atoms with Crippen molar-refractivity contribution < 1.29 is 4.79 Å². The third kappa shape index (κ3) is 2.95. The summed E-state index contributed by atoms with van der Waals surface area (Å²) in [5.74, 6) is 0.390. The summed E-state index contributed by atoms with van der Waals surface area (Å²) in [6.45, 7) is 0. The Morgan fingerprint density at radius 2 is 2.25 bits per heavy atom. The van der Waals surface area contributed by atoms with Gasteiger partial charge in [-0.25, -0.2) is 0 Å². The highest BCUT2D eigenvalue weighted by atomic mass is 32.2. The number of Topliss-reactive ketones (excluding diaryl/α,β-unsaturated/α-hetero) is 1.